The highest BCUT2D eigenvalue weighted by molar-refractivity contribution is 7.91. The second-order valence-corrected chi connectivity index (χ2v) is 5.44. The van der Waals surface area contributed by atoms with Gasteiger partial charge >= 0.3 is 0 Å². The monoisotopic (exact) mass is 261 g/mol. The van der Waals surface area contributed by atoms with E-state index in [2.05, 4.69) is 9.97 Å². The minimum atomic E-state index is -4.09. The molecule has 92 valence electrons. The van der Waals surface area contributed by atoms with Crippen molar-refractivity contribution >= 4 is 26.6 Å². The standard InChI is InChI=1S/C9H9F2N3O2S/c10-8(11)4-17(15,16)9-13-6-2-1-5(12)3-7(6)14-9/h1-3,8H,4,12H2,(H,13,14). The first-order valence-electron chi connectivity index (χ1n) is 4.64. The number of hydrogen-bond donors (Lipinski definition) is 2. The Morgan fingerprint density at radius 1 is 1.41 bits per heavy atom. The summed E-state index contributed by atoms with van der Waals surface area (Å²) in [6, 6.07) is 4.55. The van der Waals surface area contributed by atoms with Crippen LogP contribution in [0.3, 0.4) is 0 Å². The number of nitrogens with two attached hydrogens (primary N) is 1. The van der Waals surface area contributed by atoms with Crippen molar-refractivity contribution < 1.29 is 17.2 Å². The van der Waals surface area contributed by atoms with Crippen molar-refractivity contribution in [1.29, 1.82) is 0 Å². The first kappa shape index (κ1) is 11.8. The Balaban J connectivity index is 2.50. The Morgan fingerprint density at radius 3 is 2.76 bits per heavy atom. The molecule has 2 aromatic rings. The van der Waals surface area contributed by atoms with Crippen molar-refractivity contribution in [3.63, 3.8) is 0 Å². The number of hydrogen-bond acceptors (Lipinski definition) is 4. The lowest BCUT2D eigenvalue weighted by Crippen LogP contribution is -2.14. The molecule has 0 unspecified atom stereocenters. The first-order valence-corrected chi connectivity index (χ1v) is 6.30. The van der Waals surface area contributed by atoms with E-state index >= 15 is 0 Å². The fourth-order valence-electron chi connectivity index (χ4n) is 1.40. The van der Waals surface area contributed by atoms with Crippen LogP contribution in [0.25, 0.3) is 11.0 Å². The highest BCUT2D eigenvalue weighted by atomic mass is 32.2. The van der Waals surface area contributed by atoms with Gasteiger partial charge in [-0.1, -0.05) is 0 Å². The molecule has 8 heteroatoms. The summed E-state index contributed by atoms with van der Waals surface area (Å²) < 4.78 is 47.2. The smallest absolute Gasteiger partial charge is 0.252 e. The highest BCUT2D eigenvalue weighted by Gasteiger charge is 2.24. The number of benzene rings is 1. The molecule has 0 saturated carbocycles. The van der Waals surface area contributed by atoms with Crippen molar-refractivity contribution in [2.75, 3.05) is 11.5 Å². The van der Waals surface area contributed by atoms with E-state index in [0.717, 1.165) is 0 Å². The second-order valence-electron chi connectivity index (χ2n) is 3.49. The lowest BCUT2D eigenvalue weighted by Gasteiger charge is -1.98. The normalized spacial score (nSPS) is 12.4. The molecule has 3 N–H and O–H groups in total. The van der Waals surface area contributed by atoms with Crippen LogP contribution in [0.4, 0.5) is 14.5 Å². The summed E-state index contributed by atoms with van der Waals surface area (Å²) in [7, 11) is -4.09. The second kappa shape index (κ2) is 3.95. The Labute approximate surface area is 95.6 Å². The Hall–Kier alpha value is -1.70. The zero-order chi connectivity index (χ0) is 12.6. The molecule has 17 heavy (non-hydrogen) atoms. The average Bonchev–Trinajstić information content (AvgIpc) is 2.58. The molecule has 0 atom stereocenters. The quantitative estimate of drug-likeness (QED) is 0.812. The molecule has 0 aliphatic carbocycles. The minimum Gasteiger partial charge on any atom is -0.399 e. The lowest BCUT2D eigenvalue weighted by atomic mass is 10.3. The van der Waals surface area contributed by atoms with E-state index in [-0.39, 0.29) is 0 Å². The molecule has 0 amide bonds. The Kier molecular flexibility index (Phi) is 2.74. The first-order chi connectivity index (χ1) is 7.88. The van der Waals surface area contributed by atoms with Gasteiger partial charge in [-0.3, -0.25) is 0 Å². The molecule has 0 radical (unpaired) electrons. The third kappa shape index (κ3) is 2.36. The van der Waals surface area contributed by atoms with Crippen LogP contribution in [-0.2, 0) is 9.84 Å². The van der Waals surface area contributed by atoms with Gasteiger partial charge in [0.2, 0.25) is 15.0 Å². The van der Waals surface area contributed by atoms with Crippen molar-refractivity contribution in [3.8, 4) is 0 Å². The number of halogens is 2. The van der Waals surface area contributed by atoms with E-state index in [1.165, 1.54) is 12.1 Å². The van der Waals surface area contributed by atoms with Crippen LogP contribution in [-0.4, -0.2) is 30.6 Å². The number of imidazole rings is 1. The van der Waals surface area contributed by atoms with Crippen molar-refractivity contribution in [2.45, 2.75) is 11.6 Å². The van der Waals surface area contributed by atoms with Gasteiger partial charge in [0.25, 0.3) is 6.43 Å². The summed E-state index contributed by atoms with van der Waals surface area (Å²) in [5.41, 5.74) is 6.70. The van der Waals surface area contributed by atoms with E-state index in [0.29, 0.717) is 16.7 Å². The average molecular weight is 261 g/mol. The zero-order valence-corrected chi connectivity index (χ0v) is 9.34. The summed E-state index contributed by atoms with van der Waals surface area (Å²) in [4.78, 5) is 6.22. The molecule has 0 aliphatic rings. The maximum Gasteiger partial charge on any atom is 0.252 e. The van der Waals surface area contributed by atoms with Crippen molar-refractivity contribution in [3.05, 3.63) is 18.2 Å². The zero-order valence-electron chi connectivity index (χ0n) is 8.52. The molecule has 1 aromatic heterocycles. The molecule has 1 aromatic carbocycles. The van der Waals surface area contributed by atoms with E-state index in [1.54, 1.807) is 6.07 Å². The van der Waals surface area contributed by atoms with Crippen LogP contribution in [0.15, 0.2) is 23.4 Å². The van der Waals surface area contributed by atoms with Gasteiger partial charge in [0.15, 0.2) is 0 Å². The number of nitrogens with zero attached hydrogens (tertiary/aromatic N) is 1. The van der Waals surface area contributed by atoms with Crippen LogP contribution < -0.4 is 5.73 Å². The predicted molar refractivity (Wildman–Crippen MR) is 58.6 cm³/mol. The Bertz CT molecular complexity index is 651. The fourth-order valence-corrected chi connectivity index (χ4v) is 2.39. The van der Waals surface area contributed by atoms with E-state index in [1.807, 2.05) is 0 Å². The van der Waals surface area contributed by atoms with Crippen LogP contribution in [0.2, 0.25) is 0 Å². The van der Waals surface area contributed by atoms with Crippen molar-refractivity contribution in [2.24, 2.45) is 0 Å². The number of rotatable bonds is 3. The summed E-state index contributed by atoms with van der Waals surface area (Å²) in [5.74, 6) is -1.25. The highest BCUT2D eigenvalue weighted by Crippen LogP contribution is 2.18. The van der Waals surface area contributed by atoms with E-state index in [4.69, 9.17) is 5.73 Å². The molecule has 0 bridgehead atoms. The summed E-state index contributed by atoms with van der Waals surface area (Å²) in [6.45, 7) is 0. The minimum absolute atomic E-state index is 0.368. The largest absolute Gasteiger partial charge is 0.399 e. The SMILES string of the molecule is Nc1ccc2nc(S(=O)(=O)CC(F)F)[nH]c2c1. The molecule has 0 aliphatic heterocycles. The molecule has 5 nitrogen and oxygen atoms in total. The number of nitrogens with one attached hydrogen (secondary N) is 1. The van der Waals surface area contributed by atoms with E-state index in [9.17, 15) is 17.2 Å². The predicted octanol–water partition coefficient (Wildman–Crippen LogP) is 1.18. The van der Waals surface area contributed by atoms with Gasteiger partial charge in [0.1, 0.15) is 5.75 Å². The van der Waals surface area contributed by atoms with Gasteiger partial charge in [-0.05, 0) is 18.2 Å². The topological polar surface area (TPSA) is 88.8 Å². The van der Waals surface area contributed by atoms with Gasteiger partial charge in [0.05, 0.1) is 11.0 Å². The maximum absolute atomic E-state index is 12.1. The molecular formula is C9H9F2N3O2S. The van der Waals surface area contributed by atoms with Crippen LogP contribution >= 0.6 is 0 Å². The third-order valence-corrected chi connectivity index (χ3v) is 3.60. The third-order valence-electron chi connectivity index (χ3n) is 2.12. The van der Waals surface area contributed by atoms with E-state index < -0.39 is 27.2 Å². The van der Waals surface area contributed by atoms with Gasteiger partial charge < -0.3 is 10.7 Å². The number of aromatic nitrogens is 2. The van der Waals surface area contributed by atoms with Crippen LogP contribution in [0, 0.1) is 0 Å². The molecule has 0 fully saturated rings. The van der Waals surface area contributed by atoms with Gasteiger partial charge in [-0.2, -0.15) is 0 Å². The fraction of sp³-hybridized carbons (Fsp3) is 0.222. The number of fused-ring (bicyclic) bond motifs is 1. The summed E-state index contributed by atoms with van der Waals surface area (Å²) in [6.07, 6.45) is -2.93. The number of H-pyrrole nitrogens is 1. The van der Waals surface area contributed by atoms with Crippen LogP contribution in [0.1, 0.15) is 0 Å². The maximum atomic E-state index is 12.1. The number of alkyl halides is 2. The number of nitrogen functional groups attached to an aromatic ring is 1. The van der Waals surface area contributed by atoms with Gasteiger partial charge in [-0.15, -0.1) is 0 Å². The number of sulfone groups is 1. The molecule has 1 heterocycles. The molecule has 0 saturated heterocycles. The number of aromatic amines is 1. The van der Waals surface area contributed by atoms with Crippen LogP contribution in [0.5, 0.6) is 0 Å². The molecule has 2 rings (SSSR count). The van der Waals surface area contributed by atoms with Gasteiger partial charge in [-0.25, -0.2) is 22.2 Å². The molecular weight excluding hydrogens is 252 g/mol. The summed E-state index contributed by atoms with van der Waals surface area (Å²) in [5, 5.41) is -0.460. The number of anilines is 1. The Morgan fingerprint density at radius 2 is 2.12 bits per heavy atom. The summed E-state index contributed by atoms with van der Waals surface area (Å²) >= 11 is 0. The van der Waals surface area contributed by atoms with Crippen molar-refractivity contribution in [1.82, 2.24) is 9.97 Å². The molecule has 0 spiro atoms. The lowest BCUT2D eigenvalue weighted by molar-refractivity contribution is 0.174. The van der Waals surface area contributed by atoms with Gasteiger partial charge in [0, 0.05) is 5.69 Å².